The van der Waals surface area contributed by atoms with Gasteiger partial charge in [-0.3, -0.25) is 15.6 Å². The number of piperidine rings is 1. The molecule has 3 unspecified atom stereocenters. The summed E-state index contributed by atoms with van der Waals surface area (Å²) in [4.78, 5) is 12.2. The first-order valence-electron chi connectivity index (χ1n) is 11.0. The van der Waals surface area contributed by atoms with Crippen LogP contribution in [0.1, 0.15) is 57.1 Å². The van der Waals surface area contributed by atoms with Crippen molar-refractivity contribution in [1.29, 1.82) is 0 Å². The predicted octanol–water partition coefficient (Wildman–Crippen LogP) is 2.11. The monoisotopic (exact) mass is 456 g/mol. The molecule has 31 heavy (non-hydrogen) atoms. The Bertz CT molecular complexity index is 854. The minimum Gasteiger partial charge on any atom is -0.465 e. The molecule has 2 saturated heterocycles. The highest BCUT2D eigenvalue weighted by Crippen LogP contribution is 2.26. The maximum atomic E-state index is 13.5. The standard InChI is InChI=1S/C21H33FN4O4S/c1-3-30-21(27)20-11-4-5-13-26(20)31(28,29)25(2)12-7-10-18-15-19(24-23-18)16-8-6-9-17(22)14-16/h6,8-9,14,18-20,23-24H,3-5,7,10-13,15H2,1-2H3. The van der Waals surface area contributed by atoms with Crippen molar-refractivity contribution >= 4 is 16.2 Å². The van der Waals surface area contributed by atoms with E-state index >= 15 is 0 Å². The van der Waals surface area contributed by atoms with E-state index in [4.69, 9.17) is 4.74 Å². The summed E-state index contributed by atoms with van der Waals surface area (Å²) in [6, 6.07) is 6.00. The van der Waals surface area contributed by atoms with Crippen molar-refractivity contribution in [2.24, 2.45) is 0 Å². The zero-order chi connectivity index (χ0) is 22.4. The molecule has 0 amide bonds. The number of nitrogens with zero attached hydrogens (tertiary/aromatic N) is 2. The highest BCUT2D eigenvalue weighted by molar-refractivity contribution is 7.86. The van der Waals surface area contributed by atoms with Crippen molar-refractivity contribution in [1.82, 2.24) is 19.5 Å². The van der Waals surface area contributed by atoms with E-state index in [-0.39, 0.29) is 24.5 Å². The van der Waals surface area contributed by atoms with E-state index in [1.807, 2.05) is 6.07 Å². The molecule has 3 atom stereocenters. The van der Waals surface area contributed by atoms with Gasteiger partial charge in [0, 0.05) is 32.2 Å². The van der Waals surface area contributed by atoms with Gasteiger partial charge >= 0.3 is 5.97 Å². The first kappa shape index (κ1) is 24.1. The van der Waals surface area contributed by atoms with Crippen LogP contribution in [0.25, 0.3) is 0 Å². The number of halogens is 1. The van der Waals surface area contributed by atoms with Crippen LogP contribution in [0.3, 0.4) is 0 Å². The van der Waals surface area contributed by atoms with Crippen molar-refractivity contribution in [2.45, 2.75) is 63.6 Å². The lowest BCUT2D eigenvalue weighted by molar-refractivity contribution is -0.148. The summed E-state index contributed by atoms with van der Waals surface area (Å²) in [6.07, 6.45) is 4.29. The summed E-state index contributed by atoms with van der Waals surface area (Å²) in [7, 11) is -2.18. The van der Waals surface area contributed by atoms with Gasteiger partial charge in [0.1, 0.15) is 11.9 Å². The predicted molar refractivity (Wildman–Crippen MR) is 116 cm³/mol. The molecular weight excluding hydrogens is 423 g/mol. The van der Waals surface area contributed by atoms with Crippen LogP contribution in [-0.4, -0.2) is 61.8 Å². The fourth-order valence-electron chi connectivity index (χ4n) is 4.26. The second kappa shape index (κ2) is 10.8. The zero-order valence-corrected chi connectivity index (χ0v) is 19.0. The number of nitrogens with one attached hydrogen (secondary N) is 2. The number of benzene rings is 1. The molecule has 0 spiro atoms. The molecule has 2 aliphatic heterocycles. The fraction of sp³-hybridized carbons (Fsp3) is 0.667. The number of carbonyl (C=O) groups excluding carboxylic acids is 1. The molecular formula is C21H33FN4O4S. The van der Waals surface area contributed by atoms with Crippen LogP contribution in [0, 0.1) is 5.82 Å². The Morgan fingerprint density at radius 2 is 2.13 bits per heavy atom. The fourth-order valence-corrected chi connectivity index (χ4v) is 5.85. The molecule has 0 radical (unpaired) electrons. The molecule has 10 heteroatoms. The van der Waals surface area contributed by atoms with Crippen LogP contribution in [0.5, 0.6) is 0 Å². The summed E-state index contributed by atoms with van der Waals surface area (Å²) < 4.78 is 47.3. The van der Waals surface area contributed by atoms with Crippen LogP contribution in [-0.2, 0) is 19.7 Å². The van der Waals surface area contributed by atoms with Crippen LogP contribution >= 0.6 is 0 Å². The molecule has 2 fully saturated rings. The molecule has 174 valence electrons. The highest BCUT2D eigenvalue weighted by Gasteiger charge is 2.39. The molecule has 0 saturated carbocycles. The van der Waals surface area contributed by atoms with Gasteiger partial charge in [-0.15, -0.1) is 0 Å². The summed E-state index contributed by atoms with van der Waals surface area (Å²) in [5, 5.41) is 0. The van der Waals surface area contributed by atoms with Crippen LogP contribution in [0.4, 0.5) is 4.39 Å². The number of hydrazine groups is 1. The number of hydrogen-bond donors (Lipinski definition) is 2. The van der Waals surface area contributed by atoms with Crippen molar-refractivity contribution in [3.05, 3.63) is 35.6 Å². The Balaban J connectivity index is 1.50. The van der Waals surface area contributed by atoms with Gasteiger partial charge in [-0.2, -0.15) is 17.0 Å². The molecule has 0 aliphatic carbocycles. The topological polar surface area (TPSA) is 91.0 Å². The van der Waals surface area contributed by atoms with Crippen LogP contribution in [0.2, 0.25) is 0 Å². The van der Waals surface area contributed by atoms with E-state index in [1.54, 1.807) is 20.0 Å². The van der Waals surface area contributed by atoms with Gasteiger partial charge in [0.25, 0.3) is 10.2 Å². The summed E-state index contributed by atoms with van der Waals surface area (Å²) in [5.41, 5.74) is 7.31. The highest BCUT2D eigenvalue weighted by atomic mass is 32.2. The van der Waals surface area contributed by atoms with Crippen molar-refractivity contribution in [2.75, 3.05) is 26.7 Å². The maximum Gasteiger partial charge on any atom is 0.324 e. The molecule has 2 N–H and O–H groups in total. The molecule has 0 bridgehead atoms. The normalized spacial score (nSPS) is 25.1. The van der Waals surface area contributed by atoms with Gasteiger partial charge in [-0.25, -0.2) is 4.39 Å². The third-order valence-corrected chi connectivity index (χ3v) is 7.96. The average Bonchev–Trinajstić information content (AvgIpc) is 3.23. The molecule has 0 aromatic heterocycles. The van der Waals surface area contributed by atoms with Gasteiger partial charge in [-0.1, -0.05) is 12.1 Å². The number of carbonyl (C=O) groups is 1. The van der Waals surface area contributed by atoms with Gasteiger partial charge in [0.15, 0.2) is 0 Å². The summed E-state index contributed by atoms with van der Waals surface area (Å²) >= 11 is 0. The van der Waals surface area contributed by atoms with E-state index in [2.05, 4.69) is 10.9 Å². The van der Waals surface area contributed by atoms with E-state index in [0.717, 1.165) is 31.2 Å². The average molecular weight is 457 g/mol. The van der Waals surface area contributed by atoms with Gasteiger partial charge < -0.3 is 4.74 Å². The number of ether oxygens (including phenoxy) is 1. The second-order valence-corrected chi connectivity index (χ2v) is 10.2. The van der Waals surface area contributed by atoms with E-state index < -0.39 is 22.2 Å². The van der Waals surface area contributed by atoms with Crippen molar-refractivity contribution < 1.29 is 22.3 Å². The Labute approximate surface area is 184 Å². The van der Waals surface area contributed by atoms with Gasteiger partial charge in [0.2, 0.25) is 0 Å². The quantitative estimate of drug-likeness (QED) is 0.553. The lowest BCUT2D eigenvalue weighted by Crippen LogP contribution is -2.53. The number of esters is 1. The van der Waals surface area contributed by atoms with Crippen LogP contribution in [0.15, 0.2) is 24.3 Å². The van der Waals surface area contributed by atoms with Gasteiger partial charge in [-0.05, 0) is 63.1 Å². The van der Waals surface area contributed by atoms with E-state index in [1.165, 1.54) is 20.7 Å². The Hall–Kier alpha value is -1.59. The number of rotatable bonds is 9. The lowest BCUT2D eigenvalue weighted by Gasteiger charge is -2.35. The van der Waals surface area contributed by atoms with Crippen molar-refractivity contribution in [3.63, 3.8) is 0 Å². The number of hydrogen-bond acceptors (Lipinski definition) is 6. The third kappa shape index (κ3) is 6.01. The minimum absolute atomic E-state index is 0.0286. The minimum atomic E-state index is -3.74. The zero-order valence-electron chi connectivity index (χ0n) is 18.2. The maximum absolute atomic E-state index is 13.5. The summed E-state index contributed by atoms with van der Waals surface area (Å²) in [6.45, 7) is 2.64. The molecule has 2 aliphatic rings. The van der Waals surface area contributed by atoms with Crippen molar-refractivity contribution in [3.8, 4) is 0 Å². The van der Waals surface area contributed by atoms with Crippen LogP contribution < -0.4 is 10.9 Å². The van der Waals surface area contributed by atoms with E-state index in [9.17, 15) is 17.6 Å². The Kier molecular flexibility index (Phi) is 8.40. The molecule has 1 aromatic carbocycles. The molecule has 2 heterocycles. The largest absolute Gasteiger partial charge is 0.465 e. The second-order valence-electron chi connectivity index (χ2n) is 8.17. The Morgan fingerprint density at radius 3 is 2.87 bits per heavy atom. The first-order valence-corrected chi connectivity index (χ1v) is 12.4. The molecule has 1 aromatic rings. The summed E-state index contributed by atoms with van der Waals surface area (Å²) in [5.74, 6) is -0.725. The smallest absolute Gasteiger partial charge is 0.324 e. The first-order chi connectivity index (χ1) is 14.8. The molecule has 3 rings (SSSR count). The SMILES string of the molecule is CCOC(=O)C1CCCCN1S(=O)(=O)N(C)CCCC1CC(c2cccc(F)c2)NN1. The molecule has 8 nitrogen and oxygen atoms in total. The lowest BCUT2D eigenvalue weighted by atomic mass is 10.00. The Morgan fingerprint density at radius 1 is 1.32 bits per heavy atom. The third-order valence-electron chi connectivity index (χ3n) is 5.96. The van der Waals surface area contributed by atoms with Gasteiger partial charge in [0.05, 0.1) is 6.61 Å². The van der Waals surface area contributed by atoms with E-state index in [0.29, 0.717) is 25.9 Å².